The van der Waals surface area contributed by atoms with Gasteiger partial charge in [0.05, 0.1) is 16.2 Å². The zero-order valence-electron chi connectivity index (χ0n) is 16.3. The summed E-state index contributed by atoms with van der Waals surface area (Å²) in [4.78, 5) is 5.44. The van der Waals surface area contributed by atoms with E-state index < -0.39 is 38.3 Å². The Bertz CT molecular complexity index is 1240. The van der Waals surface area contributed by atoms with Crippen LogP contribution >= 0.6 is 11.3 Å². The predicted octanol–water partition coefficient (Wildman–Crippen LogP) is 4.62. The predicted molar refractivity (Wildman–Crippen MR) is 110 cm³/mol. The van der Waals surface area contributed by atoms with Crippen LogP contribution in [-0.4, -0.2) is 43.9 Å². The van der Waals surface area contributed by atoms with Crippen LogP contribution in [0.5, 0.6) is 0 Å². The first-order valence-electron chi connectivity index (χ1n) is 9.39. The second kappa shape index (κ2) is 8.41. The van der Waals surface area contributed by atoms with Crippen molar-refractivity contribution in [2.45, 2.75) is 11.1 Å². The van der Waals surface area contributed by atoms with E-state index in [2.05, 4.69) is 4.98 Å². The van der Waals surface area contributed by atoms with Gasteiger partial charge in [-0.05, 0) is 30.3 Å². The molecular formula is C20H16F5N3O2S2. The molecule has 12 heteroatoms. The van der Waals surface area contributed by atoms with E-state index >= 15 is 0 Å². The molecule has 0 aliphatic carbocycles. The molecule has 3 aromatic rings. The van der Waals surface area contributed by atoms with Crippen molar-refractivity contribution < 1.29 is 30.4 Å². The van der Waals surface area contributed by atoms with Gasteiger partial charge >= 0.3 is 6.18 Å². The lowest BCUT2D eigenvalue weighted by atomic mass is 10.2. The van der Waals surface area contributed by atoms with Crippen molar-refractivity contribution in [1.82, 2.24) is 9.29 Å². The van der Waals surface area contributed by atoms with Crippen LogP contribution in [0.2, 0.25) is 0 Å². The average molecular weight is 489 g/mol. The molecule has 0 N–H and O–H groups in total. The first-order valence-corrected chi connectivity index (χ1v) is 11.7. The third-order valence-electron chi connectivity index (χ3n) is 5.03. The fraction of sp³-hybridized carbons (Fsp3) is 0.250. The van der Waals surface area contributed by atoms with Crippen LogP contribution in [0.15, 0.2) is 52.7 Å². The van der Waals surface area contributed by atoms with Gasteiger partial charge in [-0.25, -0.2) is 22.2 Å². The summed E-state index contributed by atoms with van der Waals surface area (Å²) in [5.74, 6) is -1.95. The zero-order chi connectivity index (χ0) is 23.1. The van der Waals surface area contributed by atoms with Crippen molar-refractivity contribution in [2.75, 3.05) is 31.1 Å². The van der Waals surface area contributed by atoms with Gasteiger partial charge in [-0.2, -0.15) is 17.5 Å². The van der Waals surface area contributed by atoms with E-state index in [1.54, 1.807) is 10.3 Å². The fourth-order valence-corrected chi connectivity index (χ4v) is 5.91. The third kappa shape index (κ3) is 4.34. The number of nitrogens with zero attached hydrogens (tertiary/aromatic N) is 3. The normalized spacial score (nSPS) is 15.8. The van der Waals surface area contributed by atoms with Gasteiger partial charge < -0.3 is 4.90 Å². The maximum absolute atomic E-state index is 13.5. The molecule has 1 aromatic heterocycles. The van der Waals surface area contributed by atoms with Gasteiger partial charge in [-0.3, -0.25) is 0 Å². The van der Waals surface area contributed by atoms with Gasteiger partial charge in [-0.1, -0.05) is 12.1 Å². The quantitative estimate of drug-likeness (QED) is 0.502. The molecule has 5 nitrogen and oxygen atoms in total. The summed E-state index contributed by atoms with van der Waals surface area (Å²) >= 11 is 1.25. The Morgan fingerprint density at radius 2 is 1.62 bits per heavy atom. The maximum atomic E-state index is 13.5. The molecule has 4 rings (SSSR count). The summed E-state index contributed by atoms with van der Waals surface area (Å²) in [5, 5.41) is 2.22. The van der Waals surface area contributed by atoms with Crippen LogP contribution < -0.4 is 4.90 Å². The number of sulfonamides is 1. The van der Waals surface area contributed by atoms with Crippen LogP contribution in [0.3, 0.4) is 0 Å². The van der Waals surface area contributed by atoms with Crippen molar-refractivity contribution >= 4 is 26.5 Å². The van der Waals surface area contributed by atoms with Crippen LogP contribution in [0.4, 0.5) is 27.1 Å². The molecule has 0 radical (unpaired) electrons. The average Bonchev–Trinajstić information content (AvgIpc) is 3.25. The maximum Gasteiger partial charge on any atom is 0.417 e. The number of alkyl halides is 3. The molecule has 2 heterocycles. The summed E-state index contributed by atoms with van der Waals surface area (Å²) in [6.45, 7) is 0.402. The van der Waals surface area contributed by atoms with Crippen LogP contribution in [0, 0.1) is 11.6 Å². The molecule has 0 unspecified atom stereocenters. The van der Waals surface area contributed by atoms with Crippen LogP contribution in [0.25, 0.3) is 11.3 Å². The fourth-order valence-electron chi connectivity index (χ4n) is 3.38. The number of piperazine rings is 1. The Hall–Kier alpha value is -2.57. The Morgan fingerprint density at radius 1 is 0.938 bits per heavy atom. The molecular weight excluding hydrogens is 473 g/mol. The van der Waals surface area contributed by atoms with E-state index in [0.29, 0.717) is 16.4 Å². The largest absolute Gasteiger partial charge is 0.417 e. The van der Waals surface area contributed by atoms with Crippen molar-refractivity contribution in [3.8, 4) is 11.3 Å². The highest BCUT2D eigenvalue weighted by atomic mass is 32.2. The minimum atomic E-state index is -4.79. The number of thiazole rings is 1. The molecule has 1 aliphatic heterocycles. The smallest absolute Gasteiger partial charge is 0.345 e. The van der Waals surface area contributed by atoms with Gasteiger partial charge in [0.15, 0.2) is 16.8 Å². The SMILES string of the molecule is O=S(=O)(c1ccccc1C(F)(F)F)N1CCN(c2nc(-c3ccc(F)c(F)c3)cs2)CC1. The molecule has 1 aliphatic rings. The van der Waals surface area contributed by atoms with Crippen molar-refractivity contribution in [2.24, 2.45) is 0 Å². The molecule has 0 amide bonds. The number of anilines is 1. The Labute approximate surface area is 184 Å². The Balaban J connectivity index is 1.49. The van der Waals surface area contributed by atoms with Crippen molar-refractivity contribution in [3.05, 3.63) is 65.0 Å². The Morgan fingerprint density at radius 3 is 2.28 bits per heavy atom. The minimum absolute atomic E-state index is 0.0192. The molecule has 0 bridgehead atoms. The number of halogens is 5. The molecule has 0 saturated carbocycles. The lowest BCUT2D eigenvalue weighted by Crippen LogP contribution is -2.48. The Kier molecular flexibility index (Phi) is 5.94. The van der Waals surface area contributed by atoms with E-state index in [4.69, 9.17) is 0 Å². The van der Waals surface area contributed by atoms with Crippen molar-refractivity contribution in [3.63, 3.8) is 0 Å². The number of rotatable bonds is 4. The molecule has 2 aromatic carbocycles. The van der Waals surface area contributed by atoms with Gasteiger partial charge in [0.1, 0.15) is 0 Å². The van der Waals surface area contributed by atoms with Gasteiger partial charge in [-0.15, -0.1) is 11.3 Å². The second-order valence-electron chi connectivity index (χ2n) is 7.03. The van der Waals surface area contributed by atoms with Gasteiger partial charge in [0.2, 0.25) is 10.0 Å². The molecule has 0 atom stereocenters. The number of hydrogen-bond donors (Lipinski definition) is 0. The van der Waals surface area contributed by atoms with E-state index in [1.807, 2.05) is 0 Å². The molecule has 0 spiro atoms. The van der Waals surface area contributed by atoms with E-state index in [0.717, 1.165) is 34.6 Å². The monoisotopic (exact) mass is 489 g/mol. The topological polar surface area (TPSA) is 53.5 Å². The lowest BCUT2D eigenvalue weighted by Gasteiger charge is -2.34. The molecule has 1 fully saturated rings. The first-order chi connectivity index (χ1) is 15.1. The summed E-state index contributed by atoms with van der Waals surface area (Å²) in [6.07, 6.45) is -4.79. The standard InChI is InChI=1S/C20H16F5N3O2S2/c21-15-6-5-13(11-16(15)22)17-12-31-19(26-17)27-7-9-28(10-8-27)32(29,30)18-4-2-1-3-14(18)20(23,24)25/h1-6,11-12H,7-10H2. The third-order valence-corrected chi connectivity index (χ3v) is 7.89. The zero-order valence-corrected chi connectivity index (χ0v) is 17.9. The molecule has 32 heavy (non-hydrogen) atoms. The summed E-state index contributed by atoms with van der Waals surface area (Å²) < 4.78 is 93.2. The van der Waals surface area contributed by atoms with E-state index in [-0.39, 0.29) is 26.2 Å². The van der Waals surface area contributed by atoms with E-state index in [9.17, 15) is 30.4 Å². The molecule has 1 saturated heterocycles. The van der Waals surface area contributed by atoms with Gasteiger partial charge in [0, 0.05) is 37.1 Å². The highest BCUT2D eigenvalue weighted by molar-refractivity contribution is 7.89. The summed E-state index contributed by atoms with van der Waals surface area (Å²) in [7, 11) is -4.34. The highest BCUT2D eigenvalue weighted by Gasteiger charge is 2.39. The first kappa shape index (κ1) is 22.6. The number of benzene rings is 2. The van der Waals surface area contributed by atoms with Crippen molar-refractivity contribution in [1.29, 1.82) is 0 Å². The van der Waals surface area contributed by atoms with Crippen LogP contribution in [0.1, 0.15) is 5.56 Å². The molecule has 170 valence electrons. The number of hydrogen-bond acceptors (Lipinski definition) is 5. The minimum Gasteiger partial charge on any atom is -0.345 e. The second-order valence-corrected chi connectivity index (χ2v) is 9.77. The lowest BCUT2D eigenvalue weighted by molar-refractivity contribution is -0.139. The van der Waals surface area contributed by atoms with Crippen LogP contribution in [-0.2, 0) is 16.2 Å². The van der Waals surface area contributed by atoms with Gasteiger partial charge in [0.25, 0.3) is 0 Å². The highest BCUT2D eigenvalue weighted by Crippen LogP contribution is 2.36. The number of aromatic nitrogens is 1. The summed E-state index contributed by atoms with van der Waals surface area (Å²) in [5.41, 5.74) is -0.354. The summed E-state index contributed by atoms with van der Waals surface area (Å²) in [6, 6.07) is 7.56. The van der Waals surface area contributed by atoms with E-state index in [1.165, 1.54) is 23.5 Å².